The third-order valence-corrected chi connectivity index (χ3v) is 6.49. The van der Waals surface area contributed by atoms with Crippen LogP contribution >= 0.6 is 0 Å². The Morgan fingerprint density at radius 1 is 1.03 bits per heavy atom. The van der Waals surface area contributed by atoms with Crippen LogP contribution in [-0.4, -0.2) is 42.1 Å². The van der Waals surface area contributed by atoms with Gasteiger partial charge in [-0.05, 0) is 55.0 Å². The van der Waals surface area contributed by atoms with Crippen molar-refractivity contribution in [1.29, 1.82) is 0 Å². The number of hydrogen-bond donors (Lipinski definition) is 0. The van der Waals surface area contributed by atoms with Crippen LogP contribution in [0.3, 0.4) is 0 Å². The van der Waals surface area contributed by atoms with Crippen molar-refractivity contribution in [2.45, 2.75) is 44.4 Å². The summed E-state index contributed by atoms with van der Waals surface area (Å²) in [5.41, 5.74) is 1.25. The molecule has 2 aromatic carbocycles. The van der Waals surface area contributed by atoms with Gasteiger partial charge in [-0.2, -0.15) is 13.2 Å². The largest absolute Gasteiger partial charge is 0.462 e. The molecule has 2 aliphatic rings. The van der Waals surface area contributed by atoms with Crippen LogP contribution in [0.5, 0.6) is 0 Å². The molecule has 34 heavy (non-hydrogen) atoms. The van der Waals surface area contributed by atoms with Crippen molar-refractivity contribution < 1.29 is 32.2 Å². The summed E-state index contributed by atoms with van der Waals surface area (Å²) >= 11 is 0. The molecule has 0 atom stereocenters. The fourth-order valence-corrected chi connectivity index (χ4v) is 4.53. The van der Waals surface area contributed by atoms with E-state index in [0.717, 1.165) is 23.3 Å². The van der Waals surface area contributed by atoms with Crippen LogP contribution in [0.15, 0.2) is 60.2 Å². The van der Waals surface area contributed by atoms with Gasteiger partial charge in [-0.25, -0.2) is 4.79 Å². The van der Waals surface area contributed by atoms with E-state index in [-0.39, 0.29) is 18.1 Å². The van der Waals surface area contributed by atoms with Crippen molar-refractivity contribution in [3.05, 3.63) is 71.3 Å². The van der Waals surface area contributed by atoms with Crippen molar-refractivity contribution in [3.8, 4) is 11.1 Å². The summed E-state index contributed by atoms with van der Waals surface area (Å²) in [6, 6.07) is 12.4. The number of carbonyl (C=O) groups is 2. The first-order chi connectivity index (χ1) is 16.2. The first kappa shape index (κ1) is 24.0. The zero-order chi connectivity index (χ0) is 24.3. The second kappa shape index (κ2) is 9.62. The molecule has 0 aromatic heterocycles. The first-order valence-corrected chi connectivity index (χ1v) is 11.3. The molecule has 2 aliphatic heterocycles. The fraction of sp³-hybridized carbons (Fsp3) is 0.385. The maximum absolute atomic E-state index is 13.3. The van der Waals surface area contributed by atoms with Crippen molar-refractivity contribution in [2.75, 3.05) is 19.8 Å². The highest BCUT2D eigenvalue weighted by molar-refractivity contribution is 6.17. The third kappa shape index (κ3) is 4.87. The Hall–Kier alpha value is -3.13. The van der Waals surface area contributed by atoms with Gasteiger partial charge in [0, 0.05) is 19.8 Å². The summed E-state index contributed by atoms with van der Waals surface area (Å²) in [5, 5.41) is 0. The highest BCUT2D eigenvalue weighted by Crippen LogP contribution is 2.38. The molecule has 0 radical (unpaired) electrons. The highest BCUT2D eigenvalue weighted by Gasteiger charge is 2.45. The van der Waals surface area contributed by atoms with E-state index in [1.165, 1.54) is 12.1 Å². The molecule has 1 spiro atoms. The molecule has 1 saturated heterocycles. The van der Waals surface area contributed by atoms with Crippen molar-refractivity contribution in [3.63, 3.8) is 0 Å². The van der Waals surface area contributed by atoms with Gasteiger partial charge in [-0.15, -0.1) is 0 Å². The van der Waals surface area contributed by atoms with Crippen LogP contribution in [0, 0.1) is 0 Å². The standard InChI is InChI=1S/C26H26F3NO4/c1-2-34-24(32)22-11-12-25(13-15-33-16-14-25)30(23(22)31)17-18-3-5-19(6-4-18)20-7-9-21(10-8-20)26(27,28)29/h3-11H,2,12-17H2,1H3. The van der Waals surface area contributed by atoms with Crippen LogP contribution in [0.2, 0.25) is 0 Å². The van der Waals surface area contributed by atoms with E-state index in [9.17, 15) is 22.8 Å². The zero-order valence-electron chi connectivity index (χ0n) is 18.9. The molecular formula is C26H26F3NO4. The number of alkyl halides is 3. The van der Waals surface area contributed by atoms with Gasteiger partial charge in [-0.3, -0.25) is 4.79 Å². The van der Waals surface area contributed by atoms with Gasteiger partial charge in [0.25, 0.3) is 5.91 Å². The summed E-state index contributed by atoms with van der Waals surface area (Å²) < 4.78 is 49.1. The molecule has 0 saturated carbocycles. The lowest BCUT2D eigenvalue weighted by molar-refractivity contribution is -0.148. The van der Waals surface area contributed by atoms with Crippen LogP contribution < -0.4 is 0 Å². The molecule has 1 amide bonds. The molecule has 0 bridgehead atoms. The van der Waals surface area contributed by atoms with Gasteiger partial charge in [0.2, 0.25) is 0 Å². The maximum atomic E-state index is 13.3. The van der Waals surface area contributed by atoms with Crippen LogP contribution in [0.4, 0.5) is 13.2 Å². The molecule has 1 fully saturated rings. The fourth-order valence-electron chi connectivity index (χ4n) is 4.53. The molecule has 2 aromatic rings. The van der Waals surface area contributed by atoms with Crippen molar-refractivity contribution in [1.82, 2.24) is 4.90 Å². The second-order valence-corrected chi connectivity index (χ2v) is 8.54. The van der Waals surface area contributed by atoms with E-state index in [2.05, 4.69) is 0 Å². The average Bonchev–Trinajstić information content (AvgIpc) is 2.82. The van der Waals surface area contributed by atoms with E-state index in [0.29, 0.717) is 44.6 Å². The summed E-state index contributed by atoms with van der Waals surface area (Å²) in [7, 11) is 0. The Morgan fingerprint density at radius 3 is 2.18 bits per heavy atom. The molecule has 180 valence electrons. The summed E-state index contributed by atoms with van der Waals surface area (Å²) in [5.74, 6) is -0.963. The normalized spacial score (nSPS) is 18.1. The molecule has 8 heteroatoms. The topological polar surface area (TPSA) is 55.8 Å². The van der Waals surface area contributed by atoms with Gasteiger partial charge in [-0.1, -0.05) is 42.5 Å². The predicted molar refractivity (Wildman–Crippen MR) is 120 cm³/mol. The number of amides is 1. The van der Waals surface area contributed by atoms with Gasteiger partial charge in [0.15, 0.2) is 0 Å². The molecule has 0 N–H and O–H groups in total. The number of rotatable bonds is 5. The number of hydrogen-bond acceptors (Lipinski definition) is 4. The maximum Gasteiger partial charge on any atom is 0.416 e. The number of nitrogens with zero attached hydrogens (tertiary/aromatic N) is 1. The number of halogens is 3. The molecule has 2 heterocycles. The monoisotopic (exact) mass is 473 g/mol. The molecule has 0 aliphatic carbocycles. The van der Waals surface area contributed by atoms with Gasteiger partial charge >= 0.3 is 12.1 Å². The second-order valence-electron chi connectivity index (χ2n) is 8.54. The summed E-state index contributed by atoms with van der Waals surface area (Å²) in [6.45, 7) is 3.27. The number of ether oxygens (including phenoxy) is 2. The predicted octanol–water partition coefficient (Wildman–Crippen LogP) is 5.14. The summed E-state index contributed by atoms with van der Waals surface area (Å²) in [6.07, 6.45) is -0.778. The van der Waals surface area contributed by atoms with E-state index in [1.54, 1.807) is 17.9 Å². The first-order valence-electron chi connectivity index (χ1n) is 11.3. The Kier molecular flexibility index (Phi) is 6.79. The molecule has 0 unspecified atom stereocenters. The van der Waals surface area contributed by atoms with Crippen molar-refractivity contribution >= 4 is 11.9 Å². The summed E-state index contributed by atoms with van der Waals surface area (Å²) in [4.78, 5) is 27.4. The van der Waals surface area contributed by atoms with Gasteiger partial charge < -0.3 is 14.4 Å². The molecular weight excluding hydrogens is 447 g/mol. The quantitative estimate of drug-likeness (QED) is 0.446. The minimum Gasteiger partial charge on any atom is -0.462 e. The number of benzene rings is 2. The minimum absolute atomic E-state index is 0.0559. The van der Waals surface area contributed by atoms with Crippen LogP contribution in [0.25, 0.3) is 11.1 Å². The van der Waals surface area contributed by atoms with E-state index in [4.69, 9.17) is 9.47 Å². The highest BCUT2D eigenvalue weighted by atomic mass is 19.4. The third-order valence-electron chi connectivity index (χ3n) is 6.49. The Bertz CT molecular complexity index is 1070. The van der Waals surface area contributed by atoms with Crippen LogP contribution in [-0.2, 0) is 31.8 Å². The lowest BCUT2D eigenvalue weighted by Crippen LogP contribution is -2.57. The Labute approximate surface area is 196 Å². The van der Waals surface area contributed by atoms with Crippen molar-refractivity contribution in [2.24, 2.45) is 0 Å². The lowest BCUT2D eigenvalue weighted by atomic mass is 9.80. The Morgan fingerprint density at radius 2 is 1.62 bits per heavy atom. The molecule has 4 rings (SSSR count). The average molecular weight is 473 g/mol. The van der Waals surface area contributed by atoms with Gasteiger partial charge in [0.05, 0.1) is 17.7 Å². The van der Waals surface area contributed by atoms with Gasteiger partial charge in [0.1, 0.15) is 5.57 Å². The lowest BCUT2D eigenvalue weighted by Gasteiger charge is -2.48. The van der Waals surface area contributed by atoms with E-state index in [1.807, 2.05) is 24.3 Å². The number of carbonyl (C=O) groups excluding carboxylic acids is 2. The zero-order valence-corrected chi connectivity index (χ0v) is 18.9. The SMILES string of the molecule is CCOC(=O)C1=CCC2(CCOCC2)N(Cc2ccc(-c3ccc(C(F)(F)F)cc3)cc2)C1=O. The minimum atomic E-state index is -4.37. The van der Waals surface area contributed by atoms with Crippen LogP contribution in [0.1, 0.15) is 37.3 Å². The van der Waals surface area contributed by atoms with E-state index < -0.39 is 23.2 Å². The Balaban J connectivity index is 1.56. The molecule has 5 nitrogen and oxygen atoms in total. The number of esters is 1. The van der Waals surface area contributed by atoms with E-state index >= 15 is 0 Å². The smallest absolute Gasteiger partial charge is 0.416 e.